The Morgan fingerprint density at radius 2 is 1.75 bits per heavy atom. The number of nitrogens with two attached hydrogens (primary N) is 1. The van der Waals surface area contributed by atoms with Gasteiger partial charge in [-0.15, -0.1) is 0 Å². The van der Waals surface area contributed by atoms with Crippen LogP contribution in [0, 0.1) is 11.6 Å². The zero-order valence-corrected chi connectivity index (χ0v) is 16.4. The van der Waals surface area contributed by atoms with E-state index >= 15 is 0 Å². The number of nitrogens with zero attached hydrogens (tertiary/aromatic N) is 4. The third kappa shape index (κ3) is 3.76. The molecule has 4 N–H and O–H groups in total. The van der Waals surface area contributed by atoms with E-state index < -0.39 is 11.6 Å². The molecule has 8 nitrogen and oxygen atoms in total. The van der Waals surface area contributed by atoms with Gasteiger partial charge in [0.05, 0.1) is 16.8 Å². The lowest BCUT2D eigenvalue weighted by molar-refractivity contribution is 0.465. The maximum absolute atomic E-state index is 13.9. The lowest BCUT2D eigenvalue weighted by Crippen LogP contribution is -1.97. The third-order valence-electron chi connectivity index (χ3n) is 4.60. The van der Waals surface area contributed by atoms with E-state index in [0.29, 0.717) is 34.1 Å². The minimum absolute atomic E-state index is 0.0690. The molecule has 5 rings (SSSR count). The fourth-order valence-corrected chi connectivity index (χ4v) is 3.12. The highest BCUT2D eigenvalue weighted by Gasteiger charge is 2.13. The number of aromatic nitrogens is 5. The Morgan fingerprint density at radius 3 is 2.56 bits per heavy atom. The molecule has 3 aromatic heterocycles. The van der Waals surface area contributed by atoms with E-state index in [1.54, 1.807) is 48.8 Å². The summed E-state index contributed by atoms with van der Waals surface area (Å²) < 4.78 is 33.2. The molecule has 0 fully saturated rings. The number of H-pyrrole nitrogens is 1. The molecule has 10 heteroatoms. The Bertz CT molecular complexity index is 1420. The molecule has 0 spiro atoms. The van der Waals surface area contributed by atoms with Crippen molar-refractivity contribution in [1.29, 1.82) is 0 Å². The van der Waals surface area contributed by atoms with E-state index in [0.717, 1.165) is 6.07 Å². The van der Waals surface area contributed by atoms with E-state index in [-0.39, 0.29) is 17.4 Å². The van der Waals surface area contributed by atoms with Crippen molar-refractivity contribution in [2.45, 2.75) is 0 Å². The number of hydrogen-bond donors (Lipinski definition) is 3. The molecule has 5 aromatic rings. The van der Waals surface area contributed by atoms with Gasteiger partial charge in [-0.25, -0.2) is 28.7 Å². The number of imidazole rings is 1. The molecule has 0 radical (unpaired) electrons. The van der Waals surface area contributed by atoms with Crippen molar-refractivity contribution in [3.8, 4) is 22.9 Å². The van der Waals surface area contributed by atoms with Crippen molar-refractivity contribution in [3.05, 3.63) is 78.6 Å². The number of hydrogen-bond acceptors (Lipinski definition) is 7. The molecule has 32 heavy (non-hydrogen) atoms. The molecule has 0 saturated carbocycles. The van der Waals surface area contributed by atoms with Gasteiger partial charge in [-0.2, -0.15) is 0 Å². The first kappa shape index (κ1) is 19.4. The summed E-state index contributed by atoms with van der Waals surface area (Å²) >= 11 is 0. The molecule has 158 valence electrons. The number of nitrogen functional groups attached to an aromatic ring is 1. The molecule has 2 aromatic carbocycles. The average molecular weight is 431 g/mol. The van der Waals surface area contributed by atoms with Crippen molar-refractivity contribution in [1.82, 2.24) is 24.9 Å². The second-order valence-corrected chi connectivity index (χ2v) is 6.75. The second kappa shape index (κ2) is 7.91. The van der Waals surface area contributed by atoms with E-state index in [1.807, 2.05) is 6.07 Å². The molecule has 0 aliphatic rings. The van der Waals surface area contributed by atoms with Gasteiger partial charge in [-0.05, 0) is 54.6 Å². The Kier molecular flexibility index (Phi) is 4.79. The number of benzene rings is 2. The minimum atomic E-state index is -0.993. The number of halogens is 2. The topological polar surface area (TPSA) is 115 Å². The Morgan fingerprint density at radius 1 is 0.906 bits per heavy atom. The summed E-state index contributed by atoms with van der Waals surface area (Å²) in [6, 6.07) is 14.8. The molecule has 0 aliphatic carbocycles. The van der Waals surface area contributed by atoms with Crippen LogP contribution >= 0.6 is 0 Å². The first-order valence-electron chi connectivity index (χ1n) is 9.49. The zero-order valence-electron chi connectivity index (χ0n) is 16.4. The predicted octanol–water partition coefficient (Wildman–Crippen LogP) is 4.81. The second-order valence-electron chi connectivity index (χ2n) is 6.75. The van der Waals surface area contributed by atoms with Crippen LogP contribution in [0.5, 0.6) is 11.6 Å². The quantitative estimate of drug-likeness (QED) is 0.366. The fraction of sp³-hybridized carbons (Fsp3) is 0. The van der Waals surface area contributed by atoms with Crippen molar-refractivity contribution in [2.24, 2.45) is 0 Å². The number of fused-ring (bicyclic) bond motifs is 1. The van der Waals surface area contributed by atoms with Gasteiger partial charge in [0.25, 0.3) is 0 Å². The predicted molar refractivity (Wildman–Crippen MR) is 115 cm³/mol. The van der Waals surface area contributed by atoms with Crippen LogP contribution in [0.3, 0.4) is 0 Å². The average Bonchev–Trinajstić information content (AvgIpc) is 3.21. The summed E-state index contributed by atoms with van der Waals surface area (Å²) in [5.74, 6) is -0.605. The molecular formula is C22H15F2N7O. The highest BCUT2D eigenvalue weighted by molar-refractivity contribution is 5.79. The van der Waals surface area contributed by atoms with Crippen molar-refractivity contribution < 1.29 is 13.5 Å². The van der Waals surface area contributed by atoms with Gasteiger partial charge >= 0.3 is 0 Å². The van der Waals surface area contributed by atoms with Crippen molar-refractivity contribution >= 4 is 28.6 Å². The van der Waals surface area contributed by atoms with Gasteiger partial charge in [-0.1, -0.05) is 0 Å². The fourth-order valence-electron chi connectivity index (χ4n) is 3.12. The van der Waals surface area contributed by atoms with E-state index in [2.05, 4.69) is 30.2 Å². The molecule has 0 atom stereocenters. The smallest absolute Gasteiger partial charge is 0.228 e. The standard InChI is InChI=1S/C22H15F2N7O/c23-15-7-8-17-19(18(15)24)31-22(30-17)28-12-3-5-13(6-4-12)32-20-14(2-1-10-26-20)16-9-11-27-21(25)29-16/h1-11H,(H2,25,27,29)(H2,28,30,31). The number of aromatic amines is 1. The highest BCUT2D eigenvalue weighted by atomic mass is 19.2. The maximum Gasteiger partial charge on any atom is 0.228 e. The first-order valence-corrected chi connectivity index (χ1v) is 9.49. The van der Waals surface area contributed by atoms with Crippen molar-refractivity contribution in [2.75, 3.05) is 11.1 Å². The molecule has 0 unspecified atom stereocenters. The highest BCUT2D eigenvalue weighted by Crippen LogP contribution is 2.31. The normalized spacial score (nSPS) is 10.9. The number of anilines is 3. The van der Waals surface area contributed by atoms with Gasteiger partial charge in [0.2, 0.25) is 17.8 Å². The first-order chi connectivity index (χ1) is 15.6. The SMILES string of the molecule is Nc1nccc(-c2cccnc2Oc2ccc(Nc3nc4c(F)c(F)ccc4[nH]3)cc2)n1. The molecular weight excluding hydrogens is 416 g/mol. The summed E-state index contributed by atoms with van der Waals surface area (Å²) in [5, 5.41) is 3.02. The van der Waals surface area contributed by atoms with Crippen LogP contribution in [-0.2, 0) is 0 Å². The molecule has 3 heterocycles. The molecule has 0 amide bonds. The molecule has 0 saturated heterocycles. The summed E-state index contributed by atoms with van der Waals surface area (Å²) in [6.45, 7) is 0. The van der Waals surface area contributed by atoms with Gasteiger partial charge in [0.1, 0.15) is 11.3 Å². The number of pyridine rings is 1. The lowest BCUT2D eigenvalue weighted by Gasteiger charge is -2.10. The third-order valence-corrected chi connectivity index (χ3v) is 4.60. The maximum atomic E-state index is 13.9. The van der Waals surface area contributed by atoms with E-state index in [9.17, 15) is 8.78 Å². The Labute approximate surface area is 180 Å². The lowest BCUT2D eigenvalue weighted by atomic mass is 10.2. The largest absolute Gasteiger partial charge is 0.438 e. The molecule has 0 bridgehead atoms. The van der Waals surface area contributed by atoms with Crippen LogP contribution in [0.2, 0.25) is 0 Å². The molecule has 0 aliphatic heterocycles. The van der Waals surface area contributed by atoms with Gasteiger partial charge in [-0.3, -0.25) is 0 Å². The summed E-state index contributed by atoms with van der Waals surface area (Å²) in [5.41, 5.74) is 7.93. The summed E-state index contributed by atoms with van der Waals surface area (Å²) in [7, 11) is 0. The van der Waals surface area contributed by atoms with Crippen LogP contribution < -0.4 is 15.8 Å². The van der Waals surface area contributed by atoms with E-state index in [1.165, 1.54) is 6.07 Å². The summed E-state index contributed by atoms with van der Waals surface area (Å²) in [6.07, 6.45) is 3.18. The monoisotopic (exact) mass is 431 g/mol. The van der Waals surface area contributed by atoms with Gasteiger partial charge in [0.15, 0.2) is 11.6 Å². The summed E-state index contributed by atoms with van der Waals surface area (Å²) in [4.78, 5) is 19.4. The van der Waals surface area contributed by atoms with Gasteiger partial charge < -0.3 is 20.8 Å². The van der Waals surface area contributed by atoms with Crippen LogP contribution in [-0.4, -0.2) is 24.9 Å². The van der Waals surface area contributed by atoms with Crippen LogP contribution in [0.1, 0.15) is 0 Å². The van der Waals surface area contributed by atoms with Gasteiger partial charge in [0, 0.05) is 18.1 Å². The van der Waals surface area contributed by atoms with Crippen LogP contribution in [0.4, 0.5) is 26.4 Å². The number of rotatable bonds is 5. The van der Waals surface area contributed by atoms with Crippen LogP contribution in [0.25, 0.3) is 22.3 Å². The Hall–Kier alpha value is -4.60. The number of ether oxygens (including phenoxy) is 1. The van der Waals surface area contributed by atoms with Crippen LogP contribution in [0.15, 0.2) is 67.0 Å². The minimum Gasteiger partial charge on any atom is -0.438 e. The number of nitrogens with one attached hydrogen (secondary N) is 2. The van der Waals surface area contributed by atoms with Crippen molar-refractivity contribution in [3.63, 3.8) is 0 Å². The van der Waals surface area contributed by atoms with E-state index in [4.69, 9.17) is 10.5 Å². The zero-order chi connectivity index (χ0) is 22.1. The Balaban J connectivity index is 1.36.